The molecule has 0 spiro atoms. The second kappa shape index (κ2) is 10.0. The first-order chi connectivity index (χ1) is 14.9. The zero-order chi connectivity index (χ0) is 22.4. The second-order valence-electron chi connectivity index (χ2n) is 6.27. The van der Waals surface area contributed by atoms with Gasteiger partial charge in [-0.25, -0.2) is 13.2 Å². The van der Waals surface area contributed by atoms with Gasteiger partial charge in [-0.15, -0.1) is 0 Å². The van der Waals surface area contributed by atoms with Gasteiger partial charge in [-0.1, -0.05) is 30.3 Å². The van der Waals surface area contributed by atoms with Crippen molar-refractivity contribution in [3.63, 3.8) is 0 Å². The van der Waals surface area contributed by atoms with E-state index in [1.54, 1.807) is 0 Å². The van der Waals surface area contributed by atoms with Crippen LogP contribution in [0.2, 0.25) is 0 Å². The van der Waals surface area contributed by atoms with E-state index in [4.69, 9.17) is 4.74 Å². The first-order valence-electron chi connectivity index (χ1n) is 8.95. The van der Waals surface area contributed by atoms with Gasteiger partial charge in [0.2, 0.25) is 29.1 Å². The number of halogens is 5. The summed E-state index contributed by atoms with van der Waals surface area (Å²) in [4.78, 5) is 11.9. The van der Waals surface area contributed by atoms with Crippen molar-refractivity contribution in [3.05, 3.63) is 77.4 Å². The maximum Gasteiger partial charge on any atom is 0.262 e. The monoisotopic (exact) mass is 441 g/mol. The fourth-order valence-corrected chi connectivity index (χ4v) is 2.52. The van der Waals surface area contributed by atoms with Gasteiger partial charge in [0.15, 0.2) is 12.4 Å². The number of nitrogens with one attached hydrogen (secondary N) is 1. The largest absolute Gasteiger partial charge is 0.477 e. The van der Waals surface area contributed by atoms with Crippen molar-refractivity contribution in [2.45, 2.75) is 13.2 Å². The standard InChI is InChI=1S/C20H16F5N3O3/c21-15-16(22)18(24)20(19(25)17(15)23)31-11-14(29)27-13-8-26-28(9-13)6-7-30-10-12-4-2-1-3-5-12/h1-5,8-9H,6-7,10-11H2,(H,27,29). The Kier molecular flexibility index (Phi) is 7.19. The molecule has 0 aliphatic carbocycles. The van der Waals surface area contributed by atoms with Crippen LogP contribution in [0.1, 0.15) is 5.56 Å². The molecule has 0 atom stereocenters. The van der Waals surface area contributed by atoms with E-state index in [0.717, 1.165) is 5.56 Å². The molecule has 1 N–H and O–H groups in total. The van der Waals surface area contributed by atoms with Gasteiger partial charge < -0.3 is 14.8 Å². The first kappa shape index (κ1) is 22.2. The van der Waals surface area contributed by atoms with Crippen molar-refractivity contribution in [2.24, 2.45) is 0 Å². The third-order valence-electron chi connectivity index (χ3n) is 4.01. The number of carbonyl (C=O) groups is 1. The van der Waals surface area contributed by atoms with E-state index in [9.17, 15) is 26.7 Å². The molecule has 0 bridgehead atoms. The molecule has 0 saturated carbocycles. The summed E-state index contributed by atoms with van der Waals surface area (Å²) in [5.74, 6) is -13.4. The number of rotatable bonds is 9. The molecule has 1 heterocycles. The maximum absolute atomic E-state index is 13.5. The zero-order valence-electron chi connectivity index (χ0n) is 15.9. The minimum atomic E-state index is -2.31. The van der Waals surface area contributed by atoms with E-state index in [1.807, 2.05) is 30.3 Å². The molecule has 31 heavy (non-hydrogen) atoms. The summed E-state index contributed by atoms with van der Waals surface area (Å²) in [6.45, 7) is 0.196. The molecule has 0 aliphatic heterocycles. The summed E-state index contributed by atoms with van der Waals surface area (Å²) in [6, 6.07) is 9.55. The number of aromatic nitrogens is 2. The molecule has 6 nitrogen and oxygen atoms in total. The molecule has 2 aromatic carbocycles. The Hall–Kier alpha value is -3.47. The minimum Gasteiger partial charge on any atom is -0.477 e. The fourth-order valence-electron chi connectivity index (χ4n) is 2.52. The van der Waals surface area contributed by atoms with Crippen LogP contribution in [0.5, 0.6) is 5.75 Å². The van der Waals surface area contributed by atoms with Crippen LogP contribution in [-0.2, 0) is 22.7 Å². The fraction of sp³-hybridized carbons (Fsp3) is 0.200. The highest BCUT2D eigenvalue weighted by molar-refractivity contribution is 5.91. The second-order valence-corrected chi connectivity index (χ2v) is 6.27. The number of benzene rings is 2. The molecule has 0 radical (unpaired) electrons. The van der Waals surface area contributed by atoms with Crippen molar-refractivity contribution in [1.82, 2.24) is 9.78 Å². The van der Waals surface area contributed by atoms with E-state index >= 15 is 0 Å². The van der Waals surface area contributed by atoms with Crippen molar-refractivity contribution >= 4 is 11.6 Å². The quantitative estimate of drug-likeness (QED) is 0.237. The summed E-state index contributed by atoms with van der Waals surface area (Å²) in [7, 11) is 0. The molecule has 1 aromatic heterocycles. The normalized spacial score (nSPS) is 10.9. The van der Waals surface area contributed by atoms with Gasteiger partial charge in [-0.3, -0.25) is 9.48 Å². The summed E-state index contributed by atoms with van der Waals surface area (Å²) >= 11 is 0. The number of hydrogen-bond donors (Lipinski definition) is 1. The van der Waals surface area contributed by atoms with Crippen LogP contribution in [0.3, 0.4) is 0 Å². The lowest BCUT2D eigenvalue weighted by molar-refractivity contribution is -0.118. The molecular weight excluding hydrogens is 425 g/mol. The van der Waals surface area contributed by atoms with Crippen LogP contribution in [-0.4, -0.2) is 28.9 Å². The maximum atomic E-state index is 13.5. The van der Waals surface area contributed by atoms with Gasteiger partial charge in [0.1, 0.15) is 0 Å². The average Bonchev–Trinajstić information content (AvgIpc) is 3.21. The average molecular weight is 441 g/mol. The number of amides is 1. The zero-order valence-corrected chi connectivity index (χ0v) is 15.9. The van der Waals surface area contributed by atoms with Crippen LogP contribution in [0, 0.1) is 29.1 Å². The minimum absolute atomic E-state index is 0.245. The van der Waals surface area contributed by atoms with Crippen LogP contribution >= 0.6 is 0 Å². The van der Waals surface area contributed by atoms with E-state index in [-0.39, 0.29) is 5.69 Å². The third-order valence-corrected chi connectivity index (χ3v) is 4.01. The molecule has 0 unspecified atom stereocenters. The lowest BCUT2D eigenvalue weighted by Gasteiger charge is -2.10. The van der Waals surface area contributed by atoms with E-state index in [1.165, 1.54) is 17.1 Å². The number of hydrogen-bond acceptors (Lipinski definition) is 4. The summed E-state index contributed by atoms with van der Waals surface area (Å²) in [5.41, 5.74) is 1.26. The van der Waals surface area contributed by atoms with Crippen LogP contribution in [0.4, 0.5) is 27.6 Å². The van der Waals surface area contributed by atoms with Crippen LogP contribution in [0.15, 0.2) is 42.7 Å². The topological polar surface area (TPSA) is 65.4 Å². The lowest BCUT2D eigenvalue weighted by atomic mass is 10.2. The number of carbonyl (C=O) groups excluding carboxylic acids is 1. The Bertz CT molecular complexity index is 1030. The van der Waals surface area contributed by atoms with E-state index in [0.29, 0.717) is 19.8 Å². The Morgan fingerprint density at radius 2 is 1.61 bits per heavy atom. The Balaban J connectivity index is 1.47. The highest BCUT2D eigenvalue weighted by Crippen LogP contribution is 2.29. The molecule has 0 aliphatic rings. The molecular formula is C20H16F5N3O3. The van der Waals surface area contributed by atoms with Gasteiger partial charge in [-0.2, -0.15) is 13.9 Å². The van der Waals surface area contributed by atoms with Gasteiger partial charge in [0.25, 0.3) is 5.91 Å². The Labute approximate surface area is 173 Å². The van der Waals surface area contributed by atoms with Crippen molar-refractivity contribution in [1.29, 1.82) is 0 Å². The van der Waals surface area contributed by atoms with Crippen LogP contribution in [0.25, 0.3) is 0 Å². The van der Waals surface area contributed by atoms with Crippen LogP contribution < -0.4 is 10.1 Å². The number of anilines is 1. The smallest absolute Gasteiger partial charge is 0.262 e. The Morgan fingerprint density at radius 1 is 0.968 bits per heavy atom. The van der Waals surface area contributed by atoms with Crippen molar-refractivity contribution in [2.75, 3.05) is 18.5 Å². The Morgan fingerprint density at radius 3 is 2.29 bits per heavy atom. The number of nitrogens with zero attached hydrogens (tertiary/aromatic N) is 2. The summed E-state index contributed by atoms with van der Waals surface area (Å²) in [6.07, 6.45) is 2.79. The number of ether oxygens (including phenoxy) is 2. The van der Waals surface area contributed by atoms with Crippen molar-refractivity contribution < 1.29 is 36.2 Å². The predicted molar refractivity (Wildman–Crippen MR) is 98.7 cm³/mol. The summed E-state index contributed by atoms with van der Waals surface area (Å²) in [5, 5.41) is 6.35. The van der Waals surface area contributed by atoms with Gasteiger partial charge in [-0.05, 0) is 5.56 Å². The van der Waals surface area contributed by atoms with Gasteiger partial charge >= 0.3 is 0 Å². The van der Waals surface area contributed by atoms with Crippen molar-refractivity contribution in [3.8, 4) is 5.75 Å². The van der Waals surface area contributed by atoms with Gasteiger partial charge in [0, 0.05) is 6.20 Å². The molecule has 3 aromatic rings. The van der Waals surface area contributed by atoms with E-state index < -0.39 is 47.3 Å². The third kappa shape index (κ3) is 5.57. The molecule has 0 fully saturated rings. The molecule has 1 amide bonds. The first-order valence-corrected chi connectivity index (χ1v) is 8.95. The molecule has 0 saturated heterocycles. The summed E-state index contributed by atoms with van der Waals surface area (Å²) < 4.78 is 77.9. The SMILES string of the molecule is O=C(COc1c(F)c(F)c(F)c(F)c1F)Nc1cnn(CCOCc2ccccc2)c1. The molecule has 164 valence electrons. The lowest BCUT2D eigenvalue weighted by Crippen LogP contribution is -2.21. The predicted octanol–water partition coefficient (Wildman–Crippen LogP) is 3.81. The van der Waals surface area contributed by atoms with Gasteiger partial charge in [0.05, 0.1) is 31.6 Å². The molecule has 11 heteroatoms. The van der Waals surface area contributed by atoms with E-state index in [2.05, 4.69) is 15.2 Å². The molecule has 3 rings (SSSR count). The highest BCUT2D eigenvalue weighted by Gasteiger charge is 2.27. The highest BCUT2D eigenvalue weighted by atomic mass is 19.2.